The Balaban J connectivity index is 1.63. The maximum atomic E-state index is 12.1. The third-order valence-corrected chi connectivity index (χ3v) is 4.77. The summed E-state index contributed by atoms with van der Waals surface area (Å²) in [4.78, 5) is 12.1. The van der Waals surface area contributed by atoms with Crippen LogP contribution in [-0.2, 0) is 6.61 Å². The van der Waals surface area contributed by atoms with Crippen molar-refractivity contribution in [1.29, 1.82) is 0 Å². The van der Waals surface area contributed by atoms with Crippen LogP contribution in [0.15, 0.2) is 59.7 Å². The minimum absolute atomic E-state index is 0.0429. The molecule has 6 N–H and O–H groups in total. The molecule has 0 bridgehead atoms. The van der Waals surface area contributed by atoms with Crippen LogP contribution in [0.4, 0.5) is 5.69 Å². The van der Waals surface area contributed by atoms with Gasteiger partial charge < -0.3 is 25.8 Å². The predicted molar refractivity (Wildman–Crippen MR) is 122 cm³/mol. The molecule has 0 aliphatic carbocycles. The number of hydrazone groups is 1. The number of amides is 1. The molecule has 0 spiro atoms. The summed E-state index contributed by atoms with van der Waals surface area (Å²) in [6.07, 6.45) is 1.26. The summed E-state index contributed by atoms with van der Waals surface area (Å²) < 4.78 is 5.58. The van der Waals surface area contributed by atoms with E-state index < -0.39 is 5.91 Å². The fourth-order valence-corrected chi connectivity index (χ4v) is 2.92. The highest BCUT2D eigenvalue weighted by Gasteiger charge is 2.12. The molecule has 0 aliphatic heterocycles. The highest BCUT2D eigenvalue weighted by molar-refractivity contribution is 5.96. The molecule has 3 aromatic carbocycles. The van der Waals surface area contributed by atoms with Gasteiger partial charge in [-0.15, -0.1) is 0 Å². The van der Waals surface area contributed by atoms with Gasteiger partial charge in [0.1, 0.15) is 12.4 Å². The number of rotatable bonds is 7. The Labute approximate surface area is 185 Å². The van der Waals surface area contributed by atoms with Crippen LogP contribution < -0.4 is 15.9 Å². The normalized spacial score (nSPS) is 11.1. The first-order chi connectivity index (χ1) is 15.2. The zero-order valence-electron chi connectivity index (χ0n) is 17.7. The molecule has 0 fully saturated rings. The average molecular weight is 435 g/mol. The van der Waals surface area contributed by atoms with Crippen molar-refractivity contribution in [2.75, 3.05) is 5.73 Å². The lowest BCUT2D eigenvalue weighted by Gasteiger charge is -2.12. The summed E-state index contributed by atoms with van der Waals surface area (Å²) in [5.41, 5.74) is 10.6. The van der Waals surface area contributed by atoms with Crippen molar-refractivity contribution in [3.8, 4) is 23.0 Å². The van der Waals surface area contributed by atoms with E-state index in [1.807, 2.05) is 24.3 Å². The molecular weight excluding hydrogens is 410 g/mol. The lowest BCUT2D eigenvalue weighted by molar-refractivity contribution is 0.0955. The van der Waals surface area contributed by atoms with Gasteiger partial charge in [0.25, 0.3) is 5.91 Å². The van der Waals surface area contributed by atoms with Gasteiger partial charge in [-0.1, -0.05) is 38.1 Å². The summed E-state index contributed by atoms with van der Waals surface area (Å²) in [5, 5.41) is 33.7. The Hall–Kier alpha value is -4.20. The molecular formula is C24H25N3O5. The number of aromatic hydroxyl groups is 3. The topological polar surface area (TPSA) is 137 Å². The molecule has 0 atom stereocenters. The van der Waals surface area contributed by atoms with E-state index in [0.29, 0.717) is 11.5 Å². The van der Waals surface area contributed by atoms with E-state index in [9.17, 15) is 20.1 Å². The van der Waals surface area contributed by atoms with Crippen molar-refractivity contribution in [3.05, 3.63) is 76.9 Å². The van der Waals surface area contributed by atoms with Crippen molar-refractivity contribution in [3.63, 3.8) is 0 Å². The number of phenols is 3. The predicted octanol–water partition coefficient (Wildman–Crippen LogP) is 3.85. The molecule has 166 valence electrons. The number of anilines is 1. The van der Waals surface area contributed by atoms with E-state index in [1.54, 1.807) is 0 Å². The van der Waals surface area contributed by atoms with Gasteiger partial charge in [-0.3, -0.25) is 4.79 Å². The number of nitrogen functional groups attached to an aromatic ring is 1. The van der Waals surface area contributed by atoms with E-state index in [-0.39, 0.29) is 40.9 Å². The Kier molecular flexibility index (Phi) is 6.84. The second-order valence-corrected chi connectivity index (χ2v) is 7.55. The van der Waals surface area contributed by atoms with Crippen LogP contribution in [0.1, 0.15) is 46.8 Å². The van der Waals surface area contributed by atoms with Crippen LogP contribution in [0.3, 0.4) is 0 Å². The Morgan fingerprint density at radius 2 is 1.69 bits per heavy atom. The third kappa shape index (κ3) is 5.48. The Morgan fingerprint density at radius 3 is 2.28 bits per heavy atom. The molecule has 0 saturated heterocycles. The molecule has 0 unspecified atom stereocenters. The van der Waals surface area contributed by atoms with Crippen LogP contribution in [0.5, 0.6) is 23.0 Å². The van der Waals surface area contributed by atoms with Gasteiger partial charge in [0.15, 0.2) is 11.5 Å². The number of hydrogen-bond acceptors (Lipinski definition) is 7. The standard InChI is InChI=1S/C24H25N3O5/c1-14(2)17-5-3-15(4-6-17)13-32-23-21(29)9-16(10-22(23)30)12-26-27-24(31)18-7-8-20(28)19(25)11-18/h3-12,14,28-30H,13,25H2,1-2H3,(H,27,31)/b26-12+. The van der Waals surface area contributed by atoms with E-state index in [4.69, 9.17) is 10.5 Å². The monoisotopic (exact) mass is 435 g/mol. The molecule has 0 aromatic heterocycles. The van der Waals surface area contributed by atoms with Crippen LogP contribution in [0.2, 0.25) is 0 Å². The van der Waals surface area contributed by atoms with E-state index in [1.165, 1.54) is 42.1 Å². The van der Waals surface area contributed by atoms with Crippen LogP contribution >= 0.6 is 0 Å². The lowest BCUT2D eigenvalue weighted by atomic mass is 10.0. The number of benzene rings is 3. The Bertz CT molecular complexity index is 1120. The van der Waals surface area contributed by atoms with Gasteiger partial charge >= 0.3 is 0 Å². The highest BCUT2D eigenvalue weighted by Crippen LogP contribution is 2.37. The molecule has 1 amide bonds. The molecule has 0 radical (unpaired) electrons. The first kappa shape index (κ1) is 22.5. The molecule has 8 heteroatoms. The third-order valence-electron chi connectivity index (χ3n) is 4.77. The SMILES string of the molecule is CC(C)c1ccc(COc2c(O)cc(/C=N/NC(=O)c3ccc(O)c(N)c3)cc2O)cc1. The number of carbonyl (C=O) groups is 1. The average Bonchev–Trinajstić information content (AvgIpc) is 2.75. The van der Waals surface area contributed by atoms with E-state index in [0.717, 1.165) is 5.56 Å². The quantitative estimate of drug-likeness (QED) is 0.165. The van der Waals surface area contributed by atoms with Crippen molar-refractivity contribution < 1.29 is 24.9 Å². The minimum atomic E-state index is -0.537. The fraction of sp³-hybridized carbons (Fsp3) is 0.167. The second-order valence-electron chi connectivity index (χ2n) is 7.55. The van der Waals surface area contributed by atoms with E-state index >= 15 is 0 Å². The lowest BCUT2D eigenvalue weighted by Crippen LogP contribution is -2.17. The van der Waals surface area contributed by atoms with Gasteiger partial charge in [0, 0.05) is 11.1 Å². The molecule has 8 nitrogen and oxygen atoms in total. The number of nitrogens with one attached hydrogen (secondary N) is 1. The smallest absolute Gasteiger partial charge is 0.271 e. The number of nitrogens with zero attached hydrogens (tertiary/aromatic N) is 1. The van der Waals surface area contributed by atoms with Crippen LogP contribution in [-0.4, -0.2) is 27.4 Å². The number of ether oxygens (including phenoxy) is 1. The molecule has 0 aliphatic rings. The van der Waals surface area contributed by atoms with Crippen molar-refractivity contribution in [2.45, 2.75) is 26.4 Å². The Morgan fingerprint density at radius 1 is 1.03 bits per heavy atom. The van der Waals surface area contributed by atoms with Crippen molar-refractivity contribution in [2.24, 2.45) is 5.10 Å². The zero-order chi connectivity index (χ0) is 23.3. The first-order valence-corrected chi connectivity index (χ1v) is 9.94. The van der Waals surface area contributed by atoms with Crippen LogP contribution in [0.25, 0.3) is 0 Å². The zero-order valence-corrected chi connectivity index (χ0v) is 17.7. The number of hydrogen-bond donors (Lipinski definition) is 5. The van der Waals surface area contributed by atoms with Gasteiger partial charge in [-0.2, -0.15) is 5.10 Å². The van der Waals surface area contributed by atoms with E-state index in [2.05, 4.69) is 24.4 Å². The maximum Gasteiger partial charge on any atom is 0.271 e. The largest absolute Gasteiger partial charge is 0.506 e. The first-order valence-electron chi connectivity index (χ1n) is 9.94. The molecule has 0 saturated carbocycles. The summed E-state index contributed by atoms with van der Waals surface area (Å²) >= 11 is 0. The number of phenolic OH excluding ortho intramolecular Hbond substituents is 3. The van der Waals surface area contributed by atoms with Crippen molar-refractivity contribution >= 4 is 17.8 Å². The molecule has 32 heavy (non-hydrogen) atoms. The van der Waals surface area contributed by atoms with Gasteiger partial charge in [0.05, 0.1) is 11.9 Å². The number of nitrogens with two attached hydrogens (primary N) is 1. The summed E-state index contributed by atoms with van der Waals surface area (Å²) in [6.45, 7) is 4.40. The second kappa shape index (κ2) is 9.74. The van der Waals surface area contributed by atoms with Gasteiger partial charge in [-0.05, 0) is 47.4 Å². The summed E-state index contributed by atoms with van der Waals surface area (Å²) in [6, 6.07) is 14.6. The molecule has 3 aromatic rings. The van der Waals surface area contributed by atoms with Gasteiger partial charge in [-0.25, -0.2) is 5.43 Å². The summed E-state index contributed by atoms with van der Waals surface area (Å²) in [7, 11) is 0. The molecule has 3 rings (SSSR count). The van der Waals surface area contributed by atoms with Gasteiger partial charge in [0.2, 0.25) is 5.75 Å². The highest BCUT2D eigenvalue weighted by atomic mass is 16.5. The van der Waals surface area contributed by atoms with Crippen LogP contribution in [0, 0.1) is 0 Å². The maximum absolute atomic E-state index is 12.1. The fourth-order valence-electron chi connectivity index (χ4n) is 2.92. The summed E-state index contributed by atoms with van der Waals surface area (Å²) in [5.74, 6) is -0.795. The van der Waals surface area contributed by atoms with Crippen molar-refractivity contribution in [1.82, 2.24) is 5.43 Å². The minimum Gasteiger partial charge on any atom is -0.506 e. The number of carbonyl (C=O) groups excluding carboxylic acids is 1. The molecule has 0 heterocycles.